The van der Waals surface area contributed by atoms with Crippen LogP contribution in [0.5, 0.6) is 5.75 Å². The number of hydrogen-bond donors (Lipinski definition) is 1. The number of aliphatic hydroxyl groups excluding tert-OH is 1. The Kier molecular flexibility index (Phi) is 3.33. The van der Waals surface area contributed by atoms with Crippen LogP contribution in [0.3, 0.4) is 0 Å². The Morgan fingerprint density at radius 2 is 2.00 bits per heavy atom. The smallest absolute Gasteiger partial charge is 0.410 e. The van der Waals surface area contributed by atoms with E-state index in [9.17, 15) is 9.90 Å². The summed E-state index contributed by atoms with van der Waals surface area (Å²) in [7, 11) is 0. The molecule has 0 aromatic heterocycles. The lowest BCUT2D eigenvalue weighted by molar-refractivity contribution is 0.0204. The first-order valence-corrected chi connectivity index (χ1v) is 5.81. The molecule has 4 nitrogen and oxygen atoms in total. The standard InChI is InChI=1S/C13H17NO3/c1-9-8-14(12(15)10(9)2)13(16)17-11-6-4-3-5-7-11/h3-7,9-10,12,15H,8H2,1-2H3/t9-,10-,12+/m1/s1. The van der Waals surface area contributed by atoms with Gasteiger partial charge in [0.2, 0.25) is 0 Å². The third-order valence-corrected chi connectivity index (χ3v) is 3.35. The molecule has 1 aromatic rings. The van der Waals surface area contributed by atoms with Crippen molar-refractivity contribution in [2.45, 2.75) is 20.1 Å². The summed E-state index contributed by atoms with van der Waals surface area (Å²) in [5, 5.41) is 9.90. The van der Waals surface area contributed by atoms with Gasteiger partial charge in [-0.2, -0.15) is 0 Å². The van der Waals surface area contributed by atoms with Crippen LogP contribution < -0.4 is 4.74 Å². The van der Waals surface area contributed by atoms with E-state index in [0.29, 0.717) is 12.3 Å². The number of carbonyl (C=O) groups excluding carboxylic acids is 1. The van der Waals surface area contributed by atoms with Crippen molar-refractivity contribution in [1.82, 2.24) is 4.90 Å². The minimum atomic E-state index is -0.749. The van der Waals surface area contributed by atoms with Crippen molar-refractivity contribution >= 4 is 6.09 Å². The Labute approximate surface area is 101 Å². The van der Waals surface area contributed by atoms with Crippen molar-refractivity contribution in [3.8, 4) is 5.75 Å². The van der Waals surface area contributed by atoms with Gasteiger partial charge in [0.05, 0.1) is 0 Å². The SMILES string of the molecule is C[C@@H]1[C@H](C)CN(C(=O)Oc2ccccc2)[C@H]1O. The van der Waals surface area contributed by atoms with Crippen molar-refractivity contribution in [2.75, 3.05) is 6.54 Å². The normalized spacial score (nSPS) is 28.2. The summed E-state index contributed by atoms with van der Waals surface area (Å²) >= 11 is 0. The molecule has 0 spiro atoms. The van der Waals surface area contributed by atoms with E-state index in [2.05, 4.69) is 0 Å². The highest BCUT2D eigenvalue weighted by molar-refractivity contribution is 5.71. The van der Waals surface area contributed by atoms with Crippen LogP contribution in [0.25, 0.3) is 0 Å². The van der Waals surface area contributed by atoms with E-state index < -0.39 is 12.3 Å². The maximum atomic E-state index is 11.9. The summed E-state index contributed by atoms with van der Waals surface area (Å²) in [6.07, 6.45) is -1.24. The summed E-state index contributed by atoms with van der Waals surface area (Å²) in [6, 6.07) is 8.88. The van der Waals surface area contributed by atoms with Crippen LogP contribution in [-0.4, -0.2) is 28.9 Å². The number of hydrogen-bond acceptors (Lipinski definition) is 3. The fourth-order valence-corrected chi connectivity index (χ4v) is 1.99. The third-order valence-electron chi connectivity index (χ3n) is 3.35. The molecule has 0 saturated carbocycles. The molecule has 0 radical (unpaired) electrons. The van der Waals surface area contributed by atoms with E-state index in [4.69, 9.17) is 4.74 Å². The quantitative estimate of drug-likeness (QED) is 0.810. The number of rotatable bonds is 1. The maximum Gasteiger partial charge on any atom is 0.417 e. The zero-order chi connectivity index (χ0) is 12.4. The molecule has 1 aromatic carbocycles. The molecule has 2 rings (SSSR count). The Morgan fingerprint density at radius 3 is 2.53 bits per heavy atom. The van der Waals surface area contributed by atoms with Crippen LogP contribution in [0.2, 0.25) is 0 Å². The van der Waals surface area contributed by atoms with Crippen molar-refractivity contribution < 1.29 is 14.6 Å². The molecule has 0 bridgehead atoms. The Hall–Kier alpha value is -1.55. The number of para-hydroxylation sites is 1. The summed E-state index contributed by atoms with van der Waals surface area (Å²) in [5.74, 6) is 0.864. The molecule has 0 aliphatic carbocycles. The molecule has 4 heteroatoms. The second kappa shape index (κ2) is 4.75. The highest BCUT2D eigenvalue weighted by Crippen LogP contribution is 2.28. The fourth-order valence-electron chi connectivity index (χ4n) is 1.99. The predicted molar refractivity (Wildman–Crippen MR) is 63.5 cm³/mol. The lowest BCUT2D eigenvalue weighted by Crippen LogP contribution is -2.39. The molecule has 1 aliphatic heterocycles. The second-order valence-electron chi connectivity index (χ2n) is 4.58. The van der Waals surface area contributed by atoms with Gasteiger partial charge < -0.3 is 9.84 Å². The zero-order valence-electron chi connectivity index (χ0n) is 10.0. The largest absolute Gasteiger partial charge is 0.417 e. The fraction of sp³-hybridized carbons (Fsp3) is 0.462. The first-order chi connectivity index (χ1) is 8.09. The van der Waals surface area contributed by atoms with Gasteiger partial charge in [-0.25, -0.2) is 4.79 Å². The summed E-state index contributed by atoms with van der Waals surface area (Å²) in [4.78, 5) is 13.2. The molecule has 17 heavy (non-hydrogen) atoms. The first kappa shape index (κ1) is 11.9. The van der Waals surface area contributed by atoms with Crippen molar-refractivity contribution in [2.24, 2.45) is 11.8 Å². The Morgan fingerprint density at radius 1 is 1.35 bits per heavy atom. The van der Waals surface area contributed by atoms with Gasteiger partial charge in [-0.1, -0.05) is 32.0 Å². The van der Waals surface area contributed by atoms with E-state index in [1.165, 1.54) is 4.90 Å². The van der Waals surface area contributed by atoms with E-state index in [1.54, 1.807) is 24.3 Å². The molecule has 1 N–H and O–H groups in total. The third kappa shape index (κ3) is 2.42. The molecule has 0 unspecified atom stereocenters. The van der Waals surface area contributed by atoms with Gasteiger partial charge in [-0.15, -0.1) is 0 Å². The lowest BCUT2D eigenvalue weighted by atomic mass is 10.00. The molecule has 1 saturated heterocycles. The molecule has 1 aliphatic rings. The number of nitrogens with zero attached hydrogens (tertiary/aromatic N) is 1. The van der Waals surface area contributed by atoms with Crippen LogP contribution in [0, 0.1) is 11.8 Å². The number of amides is 1. The van der Waals surface area contributed by atoms with E-state index in [1.807, 2.05) is 19.9 Å². The average Bonchev–Trinajstić information content (AvgIpc) is 2.58. The van der Waals surface area contributed by atoms with Crippen molar-refractivity contribution in [1.29, 1.82) is 0 Å². The van der Waals surface area contributed by atoms with Crippen molar-refractivity contribution in [3.63, 3.8) is 0 Å². The summed E-state index contributed by atoms with van der Waals surface area (Å²) in [5.41, 5.74) is 0. The van der Waals surface area contributed by atoms with Gasteiger partial charge in [0.15, 0.2) is 0 Å². The predicted octanol–water partition coefficient (Wildman–Crippen LogP) is 2.09. The van der Waals surface area contributed by atoms with E-state index >= 15 is 0 Å². The topological polar surface area (TPSA) is 49.8 Å². The second-order valence-corrected chi connectivity index (χ2v) is 4.58. The number of carbonyl (C=O) groups is 1. The van der Waals surface area contributed by atoms with Crippen LogP contribution >= 0.6 is 0 Å². The highest BCUT2D eigenvalue weighted by Gasteiger charge is 2.38. The minimum absolute atomic E-state index is 0.0818. The molecule has 1 amide bonds. The molecule has 3 atom stereocenters. The highest BCUT2D eigenvalue weighted by atomic mass is 16.6. The molecule has 1 fully saturated rings. The number of aliphatic hydroxyl groups is 1. The lowest BCUT2D eigenvalue weighted by Gasteiger charge is -2.21. The van der Waals surface area contributed by atoms with Gasteiger partial charge in [0.1, 0.15) is 12.0 Å². The molecular formula is C13H17NO3. The maximum absolute atomic E-state index is 11.9. The number of ether oxygens (including phenoxy) is 1. The van der Waals surface area contributed by atoms with Gasteiger partial charge in [-0.05, 0) is 18.1 Å². The van der Waals surface area contributed by atoms with Crippen LogP contribution in [0.15, 0.2) is 30.3 Å². The minimum Gasteiger partial charge on any atom is -0.410 e. The molecular weight excluding hydrogens is 218 g/mol. The molecule has 92 valence electrons. The number of likely N-dealkylation sites (tertiary alicyclic amines) is 1. The van der Waals surface area contributed by atoms with Gasteiger partial charge in [0.25, 0.3) is 0 Å². The summed E-state index contributed by atoms with van der Waals surface area (Å²) < 4.78 is 5.19. The van der Waals surface area contributed by atoms with Gasteiger partial charge >= 0.3 is 6.09 Å². The summed E-state index contributed by atoms with van der Waals surface area (Å²) in [6.45, 7) is 4.49. The van der Waals surface area contributed by atoms with Gasteiger partial charge in [0, 0.05) is 12.5 Å². The molecule has 1 heterocycles. The average molecular weight is 235 g/mol. The van der Waals surface area contributed by atoms with Crippen LogP contribution in [0.4, 0.5) is 4.79 Å². The number of benzene rings is 1. The monoisotopic (exact) mass is 235 g/mol. The van der Waals surface area contributed by atoms with Crippen LogP contribution in [-0.2, 0) is 0 Å². The van der Waals surface area contributed by atoms with Crippen molar-refractivity contribution in [3.05, 3.63) is 30.3 Å². The van der Waals surface area contributed by atoms with Gasteiger partial charge in [-0.3, -0.25) is 4.90 Å². The Bertz CT molecular complexity index is 393. The first-order valence-electron chi connectivity index (χ1n) is 5.81. The van der Waals surface area contributed by atoms with E-state index in [-0.39, 0.29) is 11.8 Å². The Balaban J connectivity index is 2.02. The van der Waals surface area contributed by atoms with Crippen LogP contribution in [0.1, 0.15) is 13.8 Å². The zero-order valence-corrected chi connectivity index (χ0v) is 10.0. The van der Waals surface area contributed by atoms with E-state index in [0.717, 1.165) is 0 Å².